The minimum Gasteiger partial charge on any atom is -0.271 e. The number of imidazole rings is 2. The zero-order valence-corrected chi connectivity index (χ0v) is 21.1. The molecule has 37 heavy (non-hydrogen) atoms. The maximum atomic E-state index is 5.04. The summed E-state index contributed by atoms with van der Waals surface area (Å²) in [6.45, 7) is 0. The van der Waals surface area contributed by atoms with Crippen molar-refractivity contribution in [2.75, 3.05) is 5.08 Å². The number of fused-ring (bicyclic) bond motifs is 10. The van der Waals surface area contributed by atoms with Crippen molar-refractivity contribution >= 4 is 78.7 Å². The van der Waals surface area contributed by atoms with Crippen molar-refractivity contribution in [1.82, 2.24) is 28.7 Å². The van der Waals surface area contributed by atoms with E-state index in [1.165, 1.54) is 0 Å². The van der Waals surface area contributed by atoms with Crippen LogP contribution in [0, 0.1) is 0 Å². The van der Waals surface area contributed by atoms with Crippen molar-refractivity contribution in [3.63, 3.8) is 0 Å². The van der Waals surface area contributed by atoms with Crippen LogP contribution in [0.1, 0.15) is 0 Å². The summed E-state index contributed by atoms with van der Waals surface area (Å²) in [6, 6.07) is 32.9. The maximum absolute atomic E-state index is 5.04. The summed E-state index contributed by atoms with van der Waals surface area (Å²) >= 11 is 3.40. The molecule has 176 valence electrons. The van der Waals surface area contributed by atoms with E-state index in [2.05, 4.69) is 69.5 Å². The molecule has 8 heteroatoms. The first kappa shape index (κ1) is 21.0. The number of nitrogens with zero attached hydrogens (tertiary/aromatic N) is 6. The molecule has 0 fully saturated rings. The fraction of sp³-hybridized carbons (Fsp3) is 0.0345. The Morgan fingerprint density at radius 2 is 0.865 bits per heavy atom. The Hall–Kier alpha value is -4.14. The summed E-state index contributed by atoms with van der Waals surface area (Å²) in [6.07, 6.45) is 0. The van der Waals surface area contributed by atoms with Gasteiger partial charge in [-0.1, -0.05) is 72.1 Å². The molecule has 0 atom stereocenters. The van der Waals surface area contributed by atoms with Gasteiger partial charge in [0.2, 0.25) is 0 Å². The van der Waals surface area contributed by atoms with Crippen LogP contribution in [0.4, 0.5) is 0 Å². The molecule has 0 bridgehead atoms. The fourth-order valence-corrected chi connectivity index (χ4v) is 6.99. The summed E-state index contributed by atoms with van der Waals surface area (Å²) < 4.78 is 4.36. The lowest BCUT2D eigenvalue weighted by molar-refractivity contribution is 0.951. The van der Waals surface area contributed by atoms with Crippen molar-refractivity contribution in [1.29, 1.82) is 0 Å². The molecular weight excluding hydrogens is 496 g/mol. The molecule has 4 aromatic carbocycles. The molecule has 0 N–H and O–H groups in total. The van der Waals surface area contributed by atoms with E-state index in [1.54, 1.807) is 23.5 Å². The Labute approximate surface area is 219 Å². The monoisotopic (exact) mass is 514 g/mol. The smallest absolute Gasteiger partial charge is 0.175 e. The van der Waals surface area contributed by atoms with Crippen molar-refractivity contribution in [2.45, 2.75) is 10.3 Å². The third-order valence-electron chi connectivity index (χ3n) is 6.60. The standard InChI is InChI=1S/C29H18N6S2/c1-3-11-20-18(9-1)26-30-22-13-5-7-15-24(22)34(26)28(32-20)36-17-37-29-33-21-12-4-2-10-19(21)27-31-23-14-6-8-16-25(23)35(27)29/h1-16H,17H2. The Morgan fingerprint density at radius 3 is 1.35 bits per heavy atom. The van der Waals surface area contributed by atoms with Gasteiger partial charge >= 0.3 is 0 Å². The van der Waals surface area contributed by atoms with Gasteiger partial charge < -0.3 is 0 Å². The van der Waals surface area contributed by atoms with Crippen LogP contribution in [-0.4, -0.2) is 33.8 Å². The second-order valence-corrected chi connectivity index (χ2v) is 11.0. The number of rotatable bonds is 4. The molecule has 0 aliphatic heterocycles. The van der Waals surface area contributed by atoms with Crippen LogP contribution in [-0.2, 0) is 0 Å². The minimum atomic E-state index is 0.736. The van der Waals surface area contributed by atoms with Crippen molar-refractivity contribution in [3.8, 4) is 0 Å². The lowest BCUT2D eigenvalue weighted by atomic mass is 10.2. The van der Waals surface area contributed by atoms with Crippen LogP contribution in [0.3, 0.4) is 0 Å². The highest BCUT2D eigenvalue weighted by molar-refractivity contribution is 8.15. The van der Waals surface area contributed by atoms with Crippen LogP contribution in [0.25, 0.3) is 55.2 Å². The summed E-state index contributed by atoms with van der Waals surface area (Å²) in [4.78, 5) is 20.0. The molecule has 8 rings (SSSR count). The molecule has 0 saturated carbocycles. The first-order valence-corrected chi connectivity index (χ1v) is 13.9. The third kappa shape index (κ3) is 3.22. The average molecular weight is 515 g/mol. The molecule has 4 aromatic heterocycles. The maximum Gasteiger partial charge on any atom is 0.175 e. The number of para-hydroxylation sites is 6. The molecule has 4 heterocycles. The van der Waals surface area contributed by atoms with Gasteiger partial charge in [0, 0.05) is 10.8 Å². The average Bonchev–Trinajstić information content (AvgIpc) is 3.53. The third-order valence-corrected chi connectivity index (χ3v) is 8.61. The van der Waals surface area contributed by atoms with E-state index >= 15 is 0 Å². The molecule has 0 spiro atoms. The van der Waals surface area contributed by atoms with E-state index < -0.39 is 0 Å². The predicted octanol–water partition coefficient (Wildman–Crippen LogP) is 7.23. The predicted molar refractivity (Wildman–Crippen MR) is 153 cm³/mol. The van der Waals surface area contributed by atoms with Gasteiger partial charge in [0.15, 0.2) is 10.3 Å². The van der Waals surface area contributed by atoms with Crippen LogP contribution < -0.4 is 0 Å². The molecule has 0 radical (unpaired) electrons. The zero-order chi connectivity index (χ0) is 24.3. The molecule has 0 saturated heterocycles. The van der Waals surface area contributed by atoms with Crippen molar-refractivity contribution in [3.05, 3.63) is 97.1 Å². The van der Waals surface area contributed by atoms with Crippen LogP contribution in [0.5, 0.6) is 0 Å². The normalized spacial score (nSPS) is 12.1. The fourth-order valence-electron chi connectivity index (χ4n) is 4.96. The summed E-state index contributed by atoms with van der Waals surface area (Å²) in [5.74, 6) is 0. The van der Waals surface area contributed by atoms with Gasteiger partial charge in [0.1, 0.15) is 11.3 Å². The number of hydrogen-bond acceptors (Lipinski definition) is 6. The largest absolute Gasteiger partial charge is 0.271 e. The quantitative estimate of drug-likeness (QED) is 0.140. The Kier molecular flexibility index (Phi) is 4.65. The van der Waals surface area contributed by atoms with Crippen LogP contribution in [0.2, 0.25) is 0 Å². The second-order valence-electron chi connectivity index (χ2n) is 8.75. The van der Waals surface area contributed by atoms with E-state index in [4.69, 9.17) is 19.9 Å². The molecule has 6 nitrogen and oxygen atoms in total. The first-order valence-electron chi connectivity index (χ1n) is 11.9. The lowest BCUT2D eigenvalue weighted by Gasteiger charge is -2.10. The number of benzene rings is 4. The molecule has 0 aliphatic rings. The van der Waals surface area contributed by atoms with Gasteiger partial charge in [-0.05, 0) is 48.5 Å². The number of aromatic nitrogens is 6. The Morgan fingerprint density at radius 1 is 0.459 bits per heavy atom. The van der Waals surface area contributed by atoms with E-state index in [-0.39, 0.29) is 0 Å². The van der Waals surface area contributed by atoms with E-state index in [0.717, 1.165) is 70.6 Å². The second kappa shape index (κ2) is 8.19. The molecule has 0 amide bonds. The van der Waals surface area contributed by atoms with Gasteiger partial charge in [0.25, 0.3) is 0 Å². The highest BCUT2D eigenvalue weighted by atomic mass is 32.2. The Balaban J connectivity index is 1.25. The molecule has 0 unspecified atom stereocenters. The number of thioether (sulfide) groups is 2. The highest BCUT2D eigenvalue weighted by Gasteiger charge is 2.17. The number of hydrogen-bond donors (Lipinski definition) is 0. The van der Waals surface area contributed by atoms with Gasteiger partial charge in [-0.3, -0.25) is 8.80 Å². The zero-order valence-electron chi connectivity index (χ0n) is 19.4. The van der Waals surface area contributed by atoms with Gasteiger partial charge in [-0.15, -0.1) is 0 Å². The van der Waals surface area contributed by atoms with Crippen molar-refractivity contribution in [2.24, 2.45) is 0 Å². The summed E-state index contributed by atoms with van der Waals surface area (Å²) in [5, 5.41) is 4.68. The summed E-state index contributed by atoms with van der Waals surface area (Å²) in [5.41, 5.74) is 7.84. The lowest BCUT2D eigenvalue weighted by Crippen LogP contribution is -1.98. The summed E-state index contributed by atoms with van der Waals surface area (Å²) in [7, 11) is 0. The Bertz CT molecular complexity index is 1990. The van der Waals surface area contributed by atoms with Gasteiger partial charge in [0.05, 0.1) is 38.2 Å². The van der Waals surface area contributed by atoms with Crippen LogP contribution >= 0.6 is 23.5 Å². The SMILES string of the molecule is c1ccc2c(c1)nc(SCSc1nc3ccccc3c3nc4ccccc4n13)n1c3ccccc3nc21. The molecule has 0 aliphatic carbocycles. The van der Waals surface area contributed by atoms with Crippen LogP contribution in [0.15, 0.2) is 107 Å². The van der Waals surface area contributed by atoms with E-state index in [0.29, 0.717) is 0 Å². The first-order chi connectivity index (χ1) is 18.3. The highest BCUT2D eigenvalue weighted by Crippen LogP contribution is 2.34. The van der Waals surface area contributed by atoms with Crippen molar-refractivity contribution < 1.29 is 0 Å². The van der Waals surface area contributed by atoms with Gasteiger partial charge in [-0.2, -0.15) is 0 Å². The molecule has 8 aromatic rings. The topological polar surface area (TPSA) is 60.4 Å². The van der Waals surface area contributed by atoms with Gasteiger partial charge in [-0.25, -0.2) is 19.9 Å². The van der Waals surface area contributed by atoms with E-state index in [1.807, 2.05) is 36.4 Å². The van der Waals surface area contributed by atoms with E-state index in [9.17, 15) is 0 Å². The molecular formula is C29H18N6S2. The minimum absolute atomic E-state index is 0.736.